The van der Waals surface area contributed by atoms with Crippen molar-refractivity contribution < 1.29 is 4.74 Å². The molecule has 0 unspecified atom stereocenters. The van der Waals surface area contributed by atoms with Gasteiger partial charge in [-0.3, -0.25) is 4.99 Å². The first-order valence-corrected chi connectivity index (χ1v) is 5.44. The fourth-order valence-corrected chi connectivity index (χ4v) is 2.01. The van der Waals surface area contributed by atoms with Crippen molar-refractivity contribution >= 4 is 5.71 Å². The molecule has 0 fully saturated rings. The van der Waals surface area contributed by atoms with E-state index in [0.717, 1.165) is 18.7 Å². The van der Waals surface area contributed by atoms with Crippen molar-refractivity contribution in [3.63, 3.8) is 0 Å². The van der Waals surface area contributed by atoms with Crippen molar-refractivity contribution in [2.45, 2.75) is 20.3 Å². The lowest BCUT2D eigenvalue weighted by Gasteiger charge is -2.20. The van der Waals surface area contributed by atoms with E-state index in [2.05, 4.69) is 31.0 Å². The summed E-state index contributed by atoms with van der Waals surface area (Å²) in [5, 5.41) is 0. The van der Waals surface area contributed by atoms with E-state index in [-0.39, 0.29) is 0 Å². The summed E-state index contributed by atoms with van der Waals surface area (Å²) in [6, 6.07) is 6.29. The van der Waals surface area contributed by atoms with E-state index >= 15 is 0 Å². The highest BCUT2D eigenvalue weighted by Gasteiger charge is 2.17. The summed E-state index contributed by atoms with van der Waals surface area (Å²) in [6.45, 7) is 5.30. The molecule has 0 bridgehead atoms. The molecule has 0 radical (unpaired) electrons. The molecule has 0 spiro atoms. The van der Waals surface area contributed by atoms with Crippen LogP contribution in [0, 0.1) is 5.92 Å². The minimum absolute atomic E-state index is 0.483. The zero-order valence-corrected chi connectivity index (χ0v) is 9.58. The molecular formula is C13H17NO. The number of aliphatic imine (C=N–C) groups is 1. The number of benzene rings is 1. The van der Waals surface area contributed by atoms with Crippen molar-refractivity contribution in [3.05, 3.63) is 29.3 Å². The molecule has 0 N–H and O–H groups in total. The molecule has 1 aromatic carbocycles. The van der Waals surface area contributed by atoms with Crippen LogP contribution in [0.15, 0.2) is 23.2 Å². The number of methoxy groups -OCH3 is 1. The second kappa shape index (κ2) is 4.05. The molecule has 0 aromatic heterocycles. The minimum atomic E-state index is 0.483. The van der Waals surface area contributed by atoms with Gasteiger partial charge in [0.25, 0.3) is 0 Å². The summed E-state index contributed by atoms with van der Waals surface area (Å²) in [4.78, 5) is 4.61. The Hall–Kier alpha value is -1.31. The maximum absolute atomic E-state index is 5.25. The highest BCUT2D eigenvalue weighted by molar-refractivity contribution is 6.04. The Morgan fingerprint density at radius 2 is 2.13 bits per heavy atom. The fourth-order valence-electron chi connectivity index (χ4n) is 2.01. The number of nitrogens with zero attached hydrogens (tertiary/aromatic N) is 1. The standard InChI is InChI=1S/C13H17NO/c1-9(2)13-12-8-11(15-3)5-4-10(12)6-7-14-13/h4-5,8-9H,6-7H2,1-3H3. The first-order valence-electron chi connectivity index (χ1n) is 5.44. The van der Waals surface area contributed by atoms with E-state index in [1.54, 1.807) is 7.11 Å². The largest absolute Gasteiger partial charge is 0.497 e. The van der Waals surface area contributed by atoms with Crippen LogP contribution in [-0.2, 0) is 6.42 Å². The van der Waals surface area contributed by atoms with Gasteiger partial charge in [0, 0.05) is 17.8 Å². The van der Waals surface area contributed by atoms with Gasteiger partial charge in [-0.25, -0.2) is 0 Å². The van der Waals surface area contributed by atoms with Crippen LogP contribution in [0.2, 0.25) is 0 Å². The van der Waals surface area contributed by atoms with Gasteiger partial charge in [-0.1, -0.05) is 19.9 Å². The molecule has 0 saturated heterocycles. The summed E-state index contributed by atoms with van der Waals surface area (Å²) in [5.74, 6) is 1.40. The van der Waals surface area contributed by atoms with Gasteiger partial charge in [0.15, 0.2) is 0 Å². The Balaban J connectivity index is 2.47. The Labute approximate surface area is 91.0 Å². The van der Waals surface area contributed by atoms with Crippen LogP contribution in [0.25, 0.3) is 0 Å². The summed E-state index contributed by atoms with van der Waals surface area (Å²) in [6.07, 6.45) is 1.05. The van der Waals surface area contributed by atoms with Gasteiger partial charge >= 0.3 is 0 Å². The van der Waals surface area contributed by atoms with Crippen molar-refractivity contribution in [1.82, 2.24) is 0 Å². The smallest absolute Gasteiger partial charge is 0.119 e. The molecule has 2 heteroatoms. The molecule has 0 aliphatic carbocycles. The predicted molar refractivity (Wildman–Crippen MR) is 62.9 cm³/mol. The zero-order valence-electron chi connectivity index (χ0n) is 9.58. The maximum atomic E-state index is 5.25. The summed E-state index contributed by atoms with van der Waals surface area (Å²) in [5.41, 5.74) is 3.89. The van der Waals surface area contributed by atoms with Gasteiger partial charge in [0.1, 0.15) is 5.75 Å². The number of ether oxygens (including phenoxy) is 1. The third kappa shape index (κ3) is 1.89. The van der Waals surface area contributed by atoms with Gasteiger partial charge in [-0.2, -0.15) is 0 Å². The summed E-state index contributed by atoms with van der Waals surface area (Å²) < 4.78 is 5.25. The van der Waals surface area contributed by atoms with Crippen molar-refractivity contribution in [2.24, 2.45) is 10.9 Å². The first-order chi connectivity index (χ1) is 7.22. The van der Waals surface area contributed by atoms with E-state index in [0.29, 0.717) is 5.92 Å². The molecule has 1 heterocycles. The lowest BCUT2D eigenvalue weighted by atomic mass is 9.91. The lowest BCUT2D eigenvalue weighted by Crippen LogP contribution is -2.17. The van der Waals surface area contributed by atoms with E-state index in [9.17, 15) is 0 Å². The molecule has 0 atom stereocenters. The molecule has 80 valence electrons. The number of hydrogen-bond donors (Lipinski definition) is 0. The van der Waals surface area contributed by atoms with Crippen LogP contribution in [0.1, 0.15) is 25.0 Å². The van der Waals surface area contributed by atoms with Crippen LogP contribution < -0.4 is 4.74 Å². The van der Waals surface area contributed by atoms with Crippen molar-refractivity contribution in [1.29, 1.82) is 0 Å². The quantitative estimate of drug-likeness (QED) is 0.724. The van der Waals surface area contributed by atoms with Crippen molar-refractivity contribution in [3.8, 4) is 5.75 Å². The average Bonchev–Trinajstić information content (AvgIpc) is 2.27. The normalized spacial score (nSPS) is 14.8. The van der Waals surface area contributed by atoms with Gasteiger partial charge in [-0.15, -0.1) is 0 Å². The van der Waals surface area contributed by atoms with Crippen LogP contribution >= 0.6 is 0 Å². The van der Waals surface area contributed by atoms with Gasteiger partial charge < -0.3 is 4.74 Å². The Kier molecular flexibility index (Phi) is 2.76. The van der Waals surface area contributed by atoms with E-state index < -0.39 is 0 Å². The molecule has 2 rings (SSSR count). The molecule has 1 aliphatic heterocycles. The first kappa shape index (κ1) is 10.2. The Morgan fingerprint density at radius 1 is 1.33 bits per heavy atom. The lowest BCUT2D eigenvalue weighted by molar-refractivity contribution is 0.414. The van der Waals surface area contributed by atoms with E-state index in [1.165, 1.54) is 16.8 Å². The Morgan fingerprint density at radius 3 is 2.80 bits per heavy atom. The SMILES string of the molecule is COc1ccc2c(c1)C(C(C)C)=NCC2. The maximum Gasteiger partial charge on any atom is 0.119 e. The predicted octanol–water partition coefficient (Wildman–Crippen LogP) is 2.70. The molecular weight excluding hydrogens is 186 g/mol. The van der Waals surface area contributed by atoms with Gasteiger partial charge in [-0.05, 0) is 30.0 Å². The number of rotatable bonds is 2. The number of fused-ring (bicyclic) bond motifs is 1. The minimum Gasteiger partial charge on any atom is -0.497 e. The van der Waals surface area contributed by atoms with E-state index in [1.807, 2.05) is 6.07 Å². The fraction of sp³-hybridized carbons (Fsp3) is 0.462. The number of hydrogen-bond acceptors (Lipinski definition) is 2. The second-order valence-electron chi connectivity index (χ2n) is 4.19. The molecule has 0 amide bonds. The Bertz CT molecular complexity index is 394. The van der Waals surface area contributed by atoms with Gasteiger partial charge in [0.05, 0.1) is 7.11 Å². The zero-order chi connectivity index (χ0) is 10.8. The highest BCUT2D eigenvalue weighted by atomic mass is 16.5. The molecule has 1 aliphatic rings. The molecule has 15 heavy (non-hydrogen) atoms. The third-order valence-electron chi connectivity index (χ3n) is 2.80. The van der Waals surface area contributed by atoms with Crippen LogP contribution in [0.3, 0.4) is 0 Å². The third-order valence-corrected chi connectivity index (χ3v) is 2.80. The van der Waals surface area contributed by atoms with E-state index in [4.69, 9.17) is 4.74 Å². The van der Waals surface area contributed by atoms with Crippen molar-refractivity contribution in [2.75, 3.05) is 13.7 Å². The topological polar surface area (TPSA) is 21.6 Å². The summed E-state index contributed by atoms with van der Waals surface area (Å²) >= 11 is 0. The monoisotopic (exact) mass is 203 g/mol. The highest BCUT2D eigenvalue weighted by Crippen LogP contribution is 2.24. The molecule has 2 nitrogen and oxygen atoms in total. The van der Waals surface area contributed by atoms with Crippen LogP contribution in [0.4, 0.5) is 0 Å². The van der Waals surface area contributed by atoms with Crippen LogP contribution in [0.5, 0.6) is 5.75 Å². The average molecular weight is 203 g/mol. The van der Waals surface area contributed by atoms with Gasteiger partial charge in [0.2, 0.25) is 0 Å². The molecule has 1 aromatic rings. The second-order valence-corrected chi connectivity index (χ2v) is 4.19. The summed E-state index contributed by atoms with van der Waals surface area (Å²) in [7, 11) is 1.71. The van der Waals surface area contributed by atoms with Crippen LogP contribution in [-0.4, -0.2) is 19.4 Å². The molecule has 0 saturated carbocycles.